The molecule has 1 aliphatic carbocycles. The maximum Gasteiger partial charge on any atom is 0.261 e. The first kappa shape index (κ1) is 21.9. The molecule has 0 bridgehead atoms. The van der Waals surface area contributed by atoms with Gasteiger partial charge in [-0.2, -0.15) is 0 Å². The number of nitrogens with one attached hydrogen (secondary N) is 2. The van der Waals surface area contributed by atoms with E-state index >= 15 is 0 Å². The molecule has 6 nitrogen and oxygen atoms in total. The minimum atomic E-state index is -3.77. The van der Waals surface area contributed by atoms with E-state index in [1.165, 1.54) is 29.8 Å². The Morgan fingerprint density at radius 2 is 1.59 bits per heavy atom. The molecule has 0 heterocycles. The van der Waals surface area contributed by atoms with Crippen LogP contribution in [0.4, 0.5) is 5.69 Å². The van der Waals surface area contributed by atoms with Gasteiger partial charge in [0.25, 0.3) is 15.9 Å². The second kappa shape index (κ2) is 9.04. The van der Waals surface area contributed by atoms with Crippen molar-refractivity contribution in [2.24, 2.45) is 0 Å². The van der Waals surface area contributed by atoms with Crippen LogP contribution >= 0.6 is 0 Å². The van der Waals surface area contributed by atoms with Gasteiger partial charge in [0, 0.05) is 23.2 Å². The molecule has 0 atom stereocenters. The number of rotatable bonds is 9. The zero-order valence-electron chi connectivity index (χ0n) is 17.9. The minimum Gasteiger partial charge on any atom is -0.494 e. The van der Waals surface area contributed by atoms with Crippen molar-refractivity contribution in [3.63, 3.8) is 0 Å². The summed E-state index contributed by atoms with van der Waals surface area (Å²) in [5.41, 5.74) is 2.11. The van der Waals surface area contributed by atoms with Gasteiger partial charge in [0.2, 0.25) is 0 Å². The van der Waals surface area contributed by atoms with Crippen molar-refractivity contribution in [1.82, 2.24) is 5.32 Å². The Labute approximate surface area is 188 Å². The van der Waals surface area contributed by atoms with E-state index < -0.39 is 10.0 Å². The molecular weight excluding hydrogens is 424 g/mol. The molecule has 32 heavy (non-hydrogen) atoms. The van der Waals surface area contributed by atoms with E-state index in [0.29, 0.717) is 30.2 Å². The molecule has 0 aromatic heterocycles. The van der Waals surface area contributed by atoms with Gasteiger partial charge in [-0.05, 0) is 73.9 Å². The zero-order valence-corrected chi connectivity index (χ0v) is 18.7. The molecule has 2 N–H and O–H groups in total. The van der Waals surface area contributed by atoms with Crippen LogP contribution in [0.2, 0.25) is 0 Å². The molecule has 3 aromatic carbocycles. The van der Waals surface area contributed by atoms with E-state index in [2.05, 4.69) is 22.2 Å². The normalized spacial score (nSPS) is 14.4. The number of benzene rings is 3. The van der Waals surface area contributed by atoms with Gasteiger partial charge < -0.3 is 10.1 Å². The van der Waals surface area contributed by atoms with Gasteiger partial charge in [0.05, 0.1) is 11.5 Å². The van der Waals surface area contributed by atoms with Gasteiger partial charge in [0.15, 0.2) is 0 Å². The molecule has 3 aromatic rings. The predicted octanol–water partition coefficient (Wildman–Crippen LogP) is 4.35. The first-order valence-corrected chi connectivity index (χ1v) is 12.1. The lowest BCUT2D eigenvalue weighted by Crippen LogP contribution is -2.32. The summed E-state index contributed by atoms with van der Waals surface area (Å²) in [6.45, 7) is 2.99. The SMILES string of the molecule is CCOc1ccc(NS(=O)(=O)c2ccc(C(=O)NCC3(c4ccccc4)CC3)cc2)cc1. The zero-order chi connectivity index (χ0) is 22.6. The van der Waals surface area contributed by atoms with E-state index in [4.69, 9.17) is 4.74 Å². The van der Waals surface area contributed by atoms with Gasteiger partial charge in [-0.25, -0.2) is 8.42 Å². The molecule has 4 rings (SSSR count). The summed E-state index contributed by atoms with van der Waals surface area (Å²) in [4.78, 5) is 12.7. The van der Waals surface area contributed by atoms with E-state index in [-0.39, 0.29) is 16.2 Å². The Kier molecular flexibility index (Phi) is 6.19. The molecule has 1 fully saturated rings. The number of hydrogen-bond donors (Lipinski definition) is 2. The third-order valence-electron chi connectivity index (χ3n) is 5.67. The lowest BCUT2D eigenvalue weighted by Gasteiger charge is -2.16. The molecule has 0 saturated heterocycles. The summed E-state index contributed by atoms with van der Waals surface area (Å²) in [7, 11) is -3.77. The topological polar surface area (TPSA) is 84.5 Å². The second-order valence-electron chi connectivity index (χ2n) is 7.92. The fourth-order valence-corrected chi connectivity index (χ4v) is 4.71. The predicted molar refractivity (Wildman–Crippen MR) is 125 cm³/mol. The molecule has 0 radical (unpaired) electrons. The van der Waals surface area contributed by atoms with E-state index in [9.17, 15) is 13.2 Å². The van der Waals surface area contributed by atoms with Crippen LogP contribution in [0.15, 0.2) is 83.8 Å². The number of sulfonamides is 1. The summed E-state index contributed by atoms with van der Waals surface area (Å²) in [5.74, 6) is 0.460. The number of ether oxygens (including phenoxy) is 1. The third kappa shape index (κ3) is 4.94. The summed E-state index contributed by atoms with van der Waals surface area (Å²) >= 11 is 0. The average molecular weight is 451 g/mol. The van der Waals surface area contributed by atoms with Gasteiger partial charge in [-0.15, -0.1) is 0 Å². The Morgan fingerprint density at radius 3 is 2.19 bits per heavy atom. The molecule has 166 valence electrons. The number of hydrogen-bond acceptors (Lipinski definition) is 4. The van der Waals surface area contributed by atoms with Crippen LogP contribution in [0.1, 0.15) is 35.7 Å². The average Bonchev–Trinajstić information content (AvgIpc) is 3.61. The van der Waals surface area contributed by atoms with Crippen LogP contribution in [0.5, 0.6) is 5.75 Å². The molecule has 0 aliphatic heterocycles. The molecular formula is C25H26N2O4S. The fourth-order valence-electron chi connectivity index (χ4n) is 3.65. The van der Waals surface area contributed by atoms with Crippen LogP contribution in [0.3, 0.4) is 0 Å². The second-order valence-corrected chi connectivity index (χ2v) is 9.60. The largest absolute Gasteiger partial charge is 0.494 e. The molecule has 1 amide bonds. The number of anilines is 1. The molecule has 1 saturated carbocycles. The van der Waals surface area contributed by atoms with Crippen molar-refractivity contribution in [1.29, 1.82) is 0 Å². The van der Waals surface area contributed by atoms with Gasteiger partial charge in [-0.1, -0.05) is 30.3 Å². The van der Waals surface area contributed by atoms with Crippen molar-refractivity contribution in [2.45, 2.75) is 30.1 Å². The highest BCUT2D eigenvalue weighted by atomic mass is 32.2. The monoisotopic (exact) mass is 450 g/mol. The van der Waals surface area contributed by atoms with Crippen molar-refractivity contribution in [3.8, 4) is 5.75 Å². The maximum absolute atomic E-state index is 12.7. The number of carbonyl (C=O) groups is 1. The highest BCUT2D eigenvalue weighted by molar-refractivity contribution is 7.92. The van der Waals surface area contributed by atoms with E-state index in [0.717, 1.165) is 12.8 Å². The molecule has 0 unspecified atom stereocenters. The first-order chi connectivity index (χ1) is 15.4. The highest BCUT2D eigenvalue weighted by Crippen LogP contribution is 2.47. The number of amides is 1. The molecule has 0 spiro atoms. The van der Waals surface area contributed by atoms with Crippen molar-refractivity contribution >= 4 is 21.6 Å². The lowest BCUT2D eigenvalue weighted by atomic mass is 9.96. The summed E-state index contributed by atoms with van der Waals surface area (Å²) in [5, 5.41) is 3.00. The Bertz CT molecular complexity index is 1170. The van der Waals surface area contributed by atoms with Crippen molar-refractivity contribution in [3.05, 3.63) is 90.0 Å². The third-order valence-corrected chi connectivity index (χ3v) is 7.07. The van der Waals surface area contributed by atoms with E-state index in [1.807, 2.05) is 25.1 Å². The Balaban J connectivity index is 1.38. The van der Waals surface area contributed by atoms with Crippen molar-refractivity contribution in [2.75, 3.05) is 17.9 Å². The van der Waals surface area contributed by atoms with Gasteiger partial charge in [0.1, 0.15) is 5.75 Å². The Hall–Kier alpha value is -3.32. The smallest absolute Gasteiger partial charge is 0.261 e. The van der Waals surface area contributed by atoms with Crippen molar-refractivity contribution < 1.29 is 17.9 Å². The summed E-state index contributed by atoms with van der Waals surface area (Å²) < 4.78 is 33.3. The highest BCUT2D eigenvalue weighted by Gasteiger charge is 2.44. The molecule has 7 heteroatoms. The maximum atomic E-state index is 12.7. The summed E-state index contributed by atoms with van der Waals surface area (Å²) in [6.07, 6.45) is 2.09. The Morgan fingerprint density at radius 1 is 0.938 bits per heavy atom. The fraction of sp³-hybridized carbons (Fsp3) is 0.240. The quantitative estimate of drug-likeness (QED) is 0.508. The minimum absolute atomic E-state index is 0.0157. The van der Waals surface area contributed by atoms with E-state index in [1.54, 1.807) is 24.3 Å². The summed E-state index contributed by atoms with van der Waals surface area (Å²) in [6, 6.07) is 22.8. The van der Waals surface area contributed by atoms with Gasteiger partial charge >= 0.3 is 0 Å². The van der Waals surface area contributed by atoms with Gasteiger partial charge in [-0.3, -0.25) is 9.52 Å². The standard InChI is InChI=1S/C25H26N2O4S/c1-2-31-22-12-10-21(11-13-22)27-32(29,30)23-14-8-19(9-15-23)24(28)26-18-25(16-17-25)20-6-4-3-5-7-20/h3-15,27H,2,16-18H2,1H3,(H,26,28). The van der Waals surface area contributed by atoms with Crippen LogP contribution in [0, 0.1) is 0 Å². The van der Waals surface area contributed by atoms with Crippen LogP contribution in [-0.4, -0.2) is 27.5 Å². The van der Waals surface area contributed by atoms with Crippen LogP contribution in [0.25, 0.3) is 0 Å². The first-order valence-electron chi connectivity index (χ1n) is 10.6. The number of carbonyl (C=O) groups excluding carboxylic acids is 1. The van der Waals surface area contributed by atoms with Crippen LogP contribution < -0.4 is 14.8 Å². The lowest BCUT2D eigenvalue weighted by molar-refractivity contribution is 0.0949. The van der Waals surface area contributed by atoms with Crippen LogP contribution in [-0.2, 0) is 15.4 Å². The molecule has 1 aliphatic rings.